The lowest BCUT2D eigenvalue weighted by Crippen LogP contribution is -2.37. The van der Waals surface area contributed by atoms with E-state index in [1.807, 2.05) is 0 Å². The molecule has 2 aromatic rings. The average molecular weight is 373 g/mol. The van der Waals surface area contributed by atoms with Crippen molar-refractivity contribution in [1.82, 2.24) is 15.1 Å². The van der Waals surface area contributed by atoms with Gasteiger partial charge < -0.3 is 0 Å². The molecule has 152 valence electrons. The highest BCUT2D eigenvalue weighted by molar-refractivity contribution is 5.77. The Morgan fingerprint density at radius 2 is 1.33 bits per heavy atom. The number of benzene rings is 1. The largest absolute Gasteiger partial charge is 0.295 e. The number of aromatic nitrogens is 3. The van der Waals surface area contributed by atoms with E-state index < -0.39 is 0 Å². The first-order valence-corrected chi connectivity index (χ1v) is 11.3. The minimum Gasteiger partial charge on any atom is -0.295 e. The Kier molecular flexibility index (Phi) is 10.3. The summed E-state index contributed by atoms with van der Waals surface area (Å²) < 4.78 is 0. The summed E-state index contributed by atoms with van der Waals surface area (Å²) >= 11 is 0. The normalized spacial score (nSPS) is 11.4. The van der Waals surface area contributed by atoms with Gasteiger partial charge in [-0.2, -0.15) is 4.79 Å². The van der Waals surface area contributed by atoms with E-state index in [0.717, 1.165) is 24.1 Å². The maximum absolute atomic E-state index is 4.51. The summed E-state index contributed by atoms with van der Waals surface area (Å²) in [5, 5.41) is 11.4. The summed E-state index contributed by atoms with van der Waals surface area (Å²) in [6.45, 7) is 8.83. The molecule has 4 nitrogen and oxygen atoms in total. The van der Waals surface area contributed by atoms with Gasteiger partial charge in [0.1, 0.15) is 11.0 Å². The molecule has 0 N–H and O–H groups in total. The summed E-state index contributed by atoms with van der Waals surface area (Å²) in [6, 6.07) is 6.39. The summed E-state index contributed by atoms with van der Waals surface area (Å²) in [4.78, 5) is 2.07. The molecule has 0 amide bonds. The molecule has 0 aliphatic carbocycles. The molecule has 0 bridgehead atoms. The van der Waals surface area contributed by atoms with E-state index in [1.165, 1.54) is 82.6 Å². The Labute approximate surface area is 166 Å². The molecular formula is C23H40N4. The van der Waals surface area contributed by atoms with Gasteiger partial charge in [0.25, 0.3) is 0 Å². The second kappa shape index (κ2) is 12.7. The zero-order valence-electron chi connectivity index (χ0n) is 17.9. The Hall–Kier alpha value is -1.58. The van der Waals surface area contributed by atoms with Crippen molar-refractivity contribution in [2.24, 2.45) is 0 Å². The molecule has 1 aromatic heterocycles. The van der Waals surface area contributed by atoms with Crippen molar-refractivity contribution in [3.8, 4) is 0 Å². The summed E-state index contributed by atoms with van der Waals surface area (Å²) in [5.74, 6) is 0. The minimum absolute atomic E-state index is 1.04. The number of nitrogens with zero attached hydrogens (tertiary/aromatic N) is 4. The molecule has 2 rings (SSSR count). The first-order chi connectivity index (χ1) is 13.3. The monoisotopic (exact) mass is 372 g/mol. The molecule has 0 aliphatic rings. The van der Waals surface area contributed by atoms with E-state index in [9.17, 15) is 0 Å². The number of hydrogen-bond donors (Lipinski definition) is 0. The number of hydrogen-bond acceptors (Lipinski definition) is 3. The molecule has 0 saturated heterocycles. The summed E-state index contributed by atoms with van der Waals surface area (Å²) in [7, 11) is 0. The summed E-state index contributed by atoms with van der Waals surface area (Å²) in [5.41, 5.74) is 3.39. The highest BCUT2D eigenvalue weighted by Crippen LogP contribution is 2.16. The van der Waals surface area contributed by atoms with Gasteiger partial charge in [-0.1, -0.05) is 90.2 Å². The van der Waals surface area contributed by atoms with Crippen LogP contribution in [0.2, 0.25) is 0 Å². The molecule has 1 heterocycles. The zero-order valence-corrected chi connectivity index (χ0v) is 17.9. The highest BCUT2D eigenvalue weighted by Gasteiger charge is 2.12. The van der Waals surface area contributed by atoms with Gasteiger partial charge >= 0.3 is 0 Å². The third-order valence-corrected chi connectivity index (χ3v) is 5.47. The molecule has 0 aliphatic heterocycles. The van der Waals surface area contributed by atoms with E-state index in [2.05, 4.69) is 59.1 Å². The lowest BCUT2D eigenvalue weighted by Gasteiger charge is -2.24. The highest BCUT2D eigenvalue weighted by atomic mass is 15.7. The van der Waals surface area contributed by atoms with E-state index in [-0.39, 0.29) is 0 Å². The van der Waals surface area contributed by atoms with E-state index >= 15 is 0 Å². The Morgan fingerprint density at radius 3 is 1.93 bits per heavy atom. The van der Waals surface area contributed by atoms with Crippen LogP contribution in [0.4, 0.5) is 0 Å². The van der Waals surface area contributed by atoms with Gasteiger partial charge in [0.05, 0.1) is 0 Å². The second-order valence-electron chi connectivity index (χ2n) is 7.91. The lowest BCUT2D eigenvalue weighted by atomic mass is 10.1. The number of rotatable bonds is 15. The van der Waals surface area contributed by atoms with Gasteiger partial charge in [-0.15, -0.1) is 5.10 Å². The first-order valence-electron chi connectivity index (χ1n) is 11.3. The number of aryl methyl sites for hydroxylation is 1. The van der Waals surface area contributed by atoms with Crippen molar-refractivity contribution in [3.05, 3.63) is 23.8 Å². The van der Waals surface area contributed by atoms with Crippen molar-refractivity contribution in [2.75, 3.05) is 18.1 Å². The second-order valence-corrected chi connectivity index (χ2v) is 7.91. The van der Waals surface area contributed by atoms with Gasteiger partial charge in [-0.05, 0) is 36.6 Å². The third-order valence-electron chi connectivity index (χ3n) is 5.47. The SMILES string of the molecule is CCCCCCCCN(CCCCCCCC)n1nnc2c(C)cccc21. The van der Waals surface area contributed by atoms with Gasteiger partial charge in [0, 0.05) is 13.1 Å². The molecule has 4 heteroatoms. The molecule has 0 saturated carbocycles. The van der Waals surface area contributed by atoms with E-state index in [0.29, 0.717) is 0 Å². The quantitative estimate of drug-likeness (QED) is 0.339. The van der Waals surface area contributed by atoms with Crippen LogP contribution in [0.25, 0.3) is 11.0 Å². The van der Waals surface area contributed by atoms with Crippen LogP contribution in [0.3, 0.4) is 0 Å². The maximum atomic E-state index is 4.51. The van der Waals surface area contributed by atoms with Gasteiger partial charge in [-0.3, -0.25) is 5.01 Å². The van der Waals surface area contributed by atoms with Crippen LogP contribution >= 0.6 is 0 Å². The van der Waals surface area contributed by atoms with Crippen molar-refractivity contribution >= 4 is 11.0 Å². The molecule has 0 unspecified atom stereocenters. The number of unbranched alkanes of at least 4 members (excludes halogenated alkanes) is 10. The van der Waals surface area contributed by atoms with Gasteiger partial charge in [0.2, 0.25) is 0 Å². The van der Waals surface area contributed by atoms with Crippen LogP contribution in [-0.2, 0) is 0 Å². The molecule has 0 spiro atoms. The molecule has 27 heavy (non-hydrogen) atoms. The molecule has 0 fully saturated rings. The van der Waals surface area contributed by atoms with Gasteiger partial charge in [-0.25, -0.2) is 0 Å². The number of fused-ring (bicyclic) bond motifs is 1. The molecule has 0 radical (unpaired) electrons. The van der Waals surface area contributed by atoms with E-state index in [4.69, 9.17) is 0 Å². The Bertz CT molecular complexity index is 618. The molecule has 0 atom stereocenters. The predicted octanol–water partition coefficient (Wildman–Crippen LogP) is 6.40. The topological polar surface area (TPSA) is 34.0 Å². The molecular weight excluding hydrogens is 332 g/mol. The van der Waals surface area contributed by atoms with Crippen LogP contribution in [0.5, 0.6) is 0 Å². The van der Waals surface area contributed by atoms with Crippen molar-refractivity contribution in [1.29, 1.82) is 0 Å². The lowest BCUT2D eigenvalue weighted by molar-refractivity contribution is 0.479. The zero-order chi connectivity index (χ0) is 19.3. The van der Waals surface area contributed by atoms with E-state index in [1.54, 1.807) is 0 Å². The van der Waals surface area contributed by atoms with Crippen molar-refractivity contribution < 1.29 is 0 Å². The van der Waals surface area contributed by atoms with Crippen LogP contribution in [-0.4, -0.2) is 28.2 Å². The fraction of sp³-hybridized carbons (Fsp3) is 0.739. The van der Waals surface area contributed by atoms with Crippen LogP contribution < -0.4 is 5.01 Å². The third kappa shape index (κ3) is 7.15. The van der Waals surface area contributed by atoms with Crippen LogP contribution in [0.1, 0.15) is 96.5 Å². The van der Waals surface area contributed by atoms with Crippen LogP contribution in [0, 0.1) is 6.92 Å². The maximum Gasteiger partial charge on any atom is 0.118 e. The summed E-state index contributed by atoms with van der Waals surface area (Å²) in [6.07, 6.45) is 16.0. The minimum atomic E-state index is 1.04. The Morgan fingerprint density at radius 1 is 0.778 bits per heavy atom. The van der Waals surface area contributed by atoms with Crippen molar-refractivity contribution in [2.45, 2.75) is 97.8 Å². The van der Waals surface area contributed by atoms with Crippen molar-refractivity contribution in [3.63, 3.8) is 0 Å². The van der Waals surface area contributed by atoms with Gasteiger partial charge in [0.15, 0.2) is 0 Å². The fourth-order valence-corrected chi connectivity index (χ4v) is 3.73. The average Bonchev–Trinajstić information content (AvgIpc) is 3.11. The fourth-order valence-electron chi connectivity index (χ4n) is 3.73. The predicted molar refractivity (Wildman–Crippen MR) is 117 cm³/mol. The Balaban J connectivity index is 1.92. The van der Waals surface area contributed by atoms with Crippen LogP contribution in [0.15, 0.2) is 18.2 Å². The smallest absolute Gasteiger partial charge is 0.118 e. The first kappa shape index (κ1) is 21.7. The standard InChI is InChI=1S/C23H40N4/c1-4-6-8-10-12-14-19-26(20-15-13-11-9-7-5-2)27-22-18-16-17-21(3)23(22)24-25-27/h16-18H,4-15,19-20H2,1-3H3. The molecule has 1 aromatic carbocycles.